The fourth-order valence-corrected chi connectivity index (χ4v) is 3.17. The van der Waals surface area contributed by atoms with Crippen molar-refractivity contribution in [1.82, 2.24) is 15.6 Å². The van der Waals surface area contributed by atoms with Gasteiger partial charge in [0.15, 0.2) is 0 Å². The monoisotopic (exact) mass is 361 g/mol. The number of thiazole rings is 1. The van der Waals surface area contributed by atoms with Gasteiger partial charge in [-0.25, -0.2) is 9.78 Å². The molecule has 0 aliphatic rings. The molecule has 0 fully saturated rings. The number of hydrogen-bond donors (Lipinski definition) is 3. The Bertz CT molecular complexity index is 688. The van der Waals surface area contributed by atoms with Crippen molar-refractivity contribution < 1.29 is 14.7 Å². The second kappa shape index (κ2) is 9.78. The summed E-state index contributed by atoms with van der Waals surface area (Å²) in [5, 5.41) is 17.5. The number of carboxylic acids is 1. The smallest absolute Gasteiger partial charge is 0.315 e. The summed E-state index contributed by atoms with van der Waals surface area (Å²) >= 11 is 1.58. The number of nitrogens with zero attached hydrogens (tertiary/aromatic N) is 1. The van der Waals surface area contributed by atoms with Gasteiger partial charge in [0.25, 0.3) is 0 Å². The molecule has 0 spiro atoms. The fourth-order valence-electron chi connectivity index (χ4n) is 2.42. The average molecular weight is 361 g/mol. The zero-order valence-corrected chi connectivity index (χ0v) is 15.0. The van der Waals surface area contributed by atoms with E-state index in [9.17, 15) is 9.59 Å². The maximum atomic E-state index is 12.1. The van der Waals surface area contributed by atoms with E-state index in [4.69, 9.17) is 5.11 Å². The zero-order chi connectivity index (χ0) is 18.1. The van der Waals surface area contributed by atoms with Gasteiger partial charge in [-0.2, -0.15) is 0 Å². The van der Waals surface area contributed by atoms with Crippen LogP contribution in [0, 0.1) is 0 Å². The second-order valence-corrected chi connectivity index (χ2v) is 6.67. The van der Waals surface area contributed by atoms with Gasteiger partial charge < -0.3 is 15.7 Å². The molecular weight excluding hydrogens is 338 g/mol. The van der Waals surface area contributed by atoms with Gasteiger partial charge in [0, 0.05) is 17.8 Å². The first-order chi connectivity index (χ1) is 12.1. The van der Waals surface area contributed by atoms with Crippen LogP contribution in [0.15, 0.2) is 35.7 Å². The van der Waals surface area contributed by atoms with Gasteiger partial charge >= 0.3 is 12.0 Å². The molecule has 1 heterocycles. The summed E-state index contributed by atoms with van der Waals surface area (Å²) in [5.74, 6) is -0.866. The maximum absolute atomic E-state index is 12.1. The highest BCUT2D eigenvalue weighted by molar-refractivity contribution is 7.09. The summed E-state index contributed by atoms with van der Waals surface area (Å²) in [6.07, 6.45) is 1.88. The Hall–Kier alpha value is -2.41. The lowest BCUT2D eigenvalue weighted by Crippen LogP contribution is -2.43. The van der Waals surface area contributed by atoms with E-state index < -0.39 is 5.97 Å². The molecule has 134 valence electrons. The minimum absolute atomic E-state index is 0.0176. The summed E-state index contributed by atoms with van der Waals surface area (Å²) in [5.41, 5.74) is 1.90. The molecular formula is C18H23N3O3S. The van der Waals surface area contributed by atoms with E-state index in [1.54, 1.807) is 11.3 Å². The van der Waals surface area contributed by atoms with Crippen LogP contribution in [0.4, 0.5) is 4.79 Å². The predicted molar refractivity (Wildman–Crippen MR) is 97.7 cm³/mol. The topological polar surface area (TPSA) is 91.3 Å². The first kappa shape index (κ1) is 18.9. The highest BCUT2D eigenvalue weighted by atomic mass is 32.1. The summed E-state index contributed by atoms with van der Waals surface area (Å²) < 4.78 is 0. The molecule has 1 atom stereocenters. The summed E-state index contributed by atoms with van der Waals surface area (Å²) in [7, 11) is 0. The van der Waals surface area contributed by atoms with Crippen molar-refractivity contribution in [2.24, 2.45) is 0 Å². The number of benzene rings is 1. The van der Waals surface area contributed by atoms with E-state index in [1.807, 2.05) is 42.6 Å². The van der Waals surface area contributed by atoms with E-state index in [0.29, 0.717) is 19.4 Å². The number of carbonyl (C=O) groups is 2. The lowest BCUT2D eigenvalue weighted by Gasteiger charge is -2.18. The molecule has 1 unspecified atom stereocenters. The third-order valence-corrected chi connectivity index (χ3v) is 4.74. The Labute approximate surface area is 151 Å². The Balaban J connectivity index is 1.87. The molecule has 7 heteroatoms. The highest BCUT2D eigenvalue weighted by Gasteiger charge is 2.15. The molecule has 0 saturated heterocycles. The SMILES string of the molecule is CCc1nc(CNC(=O)NC(CCC(=O)O)Cc2ccccc2)cs1. The number of carbonyl (C=O) groups excluding carboxylic acids is 1. The molecule has 0 bridgehead atoms. The lowest BCUT2D eigenvalue weighted by atomic mass is 10.0. The molecule has 0 aliphatic carbocycles. The van der Waals surface area contributed by atoms with Crippen LogP contribution in [0.3, 0.4) is 0 Å². The maximum Gasteiger partial charge on any atom is 0.315 e. The third kappa shape index (κ3) is 6.93. The molecule has 2 aromatic rings. The number of nitrogens with one attached hydrogen (secondary N) is 2. The Morgan fingerprint density at radius 3 is 2.68 bits per heavy atom. The van der Waals surface area contributed by atoms with Crippen LogP contribution in [0.2, 0.25) is 0 Å². The number of carboxylic acid groups (broad SMARTS) is 1. The van der Waals surface area contributed by atoms with Crippen molar-refractivity contribution in [1.29, 1.82) is 0 Å². The predicted octanol–water partition coefficient (Wildman–Crippen LogP) is 2.98. The van der Waals surface area contributed by atoms with Gasteiger partial charge in [0.1, 0.15) is 0 Å². The number of aliphatic carboxylic acids is 1. The molecule has 25 heavy (non-hydrogen) atoms. The van der Waals surface area contributed by atoms with Crippen molar-refractivity contribution in [3.63, 3.8) is 0 Å². The van der Waals surface area contributed by atoms with Gasteiger partial charge in [-0.05, 0) is 24.8 Å². The van der Waals surface area contributed by atoms with Crippen molar-refractivity contribution >= 4 is 23.3 Å². The summed E-state index contributed by atoms with van der Waals surface area (Å²) in [6.45, 7) is 2.40. The number of hydrogen-bond acceptors (Lipinski definition) is 4. The highest BCUT2D eigenvalue weighted by Crippen LogP contribution is 2.10. The van der Waals surface area contributed by atoms with Crippen molar-refractivity contribution in [2.45, 2.75) is 45.2 Å². The zero-order valence-electron chi connectivity index (χ0n) is 14.2. The lowest BCUT2D eigenvalue weighted by molar-refractivity contribution is -0.137. The van der Waals surface area contributed by atoms with Gasteiger partial charge in [-0.1, -0.05) is 37.3 Å². The molecule has 1 aromatic carbocycles. The molecule has 0 saturated carbocycles. The van der Waals surface area contributed by atoms with E-state index in [2.05, 4.69) is 15.6 Å². The van der Waals surface area contributed by atoms with Crippen molar-refractivity contribution in [3.05, 3.63) is 52.0 Å². The minimum atomic E-state index is -0.866. The van der Waals surface area contributed by atoms with Crippen molar-refractivity contribution in [2.75, 3.05) is 0 Å². The normalized spacial score (nSPS) is 11.7. The largest absolute Gasteiger partial charge is 0.481 e. The quantitative estimate of drug-likeness (QED) is 0.640. The van der Waals surface area contributed by atoms with Gasteiger partial charge in [-0.15, -0.1) is 11.3 Å². The van der Waals surface area contributed by atoms with E-state index >= 15 is 0 Å². The van der Waals surface area contributed by atoms with Gasteiger partial charge in [-0.3, -0.25) is 4.79 Å². The van der Waals surface area contributed by atoms with Crippen LogP contribution in [0.1, 0.15) is 36.0 Å². The van der Waals surface area contributed by atoms with E-state index in [-0.39, 0.29) is 18.5 Å². The first-order valence-corrected chi connectivity index (χ1v) is 9.18. The molecule has 3 N–H and O–H groups in total. The summed E-state index contributed by atoms with van der Waals surface area (Å²) in [6, 6.07) is 9.17. The third-order valence-electron chi connectivity index (χ3n) is 3.70. The molecule has 1 aromatic heterocycles. The van der Waals surface area contributed by atoms with E-state index in [0.717, 1.165) is 22.7 Å². The summed E-state index contributed by atoms with van der Waals surface area (Å²) in [4.78, 5) is 27.4. The number of aromatic nitrogens is 1. The van der Waals surface area contributed by atoms with Crippen LogP contribution in [0.5, 0.6) is 0 Å². The average Bonchev–Trinajstić information content (AvgIpc) is 3.07. The van der Waals surface area contributed by atoms with Gasteiger partial charge in [0.2, 0.25) is 0 Å². The number of aryl methyl sites for hydroxylation is 1. The van der Waals surface area contributed by atoms with E-state index in [1.165, 1.54) is 0 Å². The minimum Gasteiger partial charge on any atom is -0.481 e. The Morgan fingerprint density at radius 1 is 1.28 bits per heavy atom. The van der Waals surface area contributed by atoms with Gasteiger partial charge in [0.05, 0.1) is 17.2 Å². The van der Waals surface area contributed by atoms with Crippen LogP contribution in [-0.2, 0) is 24.2 Å². The molecule has 2 rings (SSSR count). The Morgan fingerprint density at radius 2 is 2.04 bits per heavy atom. The molecule has 6 nitrogen and oxygen atoms in total. The molecule has 2 amide bonds. The number of amides is 2. The first-order valence-electron chi connectivity index (χ1n) is 8.30. The number of urea groups is 1. The van der Waals surface area contributed by atoms with Crippen LogP contribution in [-0.4, -0.2) is 28.1 Å². The standard InChI is InChI=1S/C18H23N3O3S/c1-2-16-20-15(12-25-16)11-19-18(24)21-14(8-9-17(22)23)10-13-6-4-3-5-7-13/h3-7,12,14H,2,8-11H2,1H3,(H,22,23)(H2,19,21,24). The van der Waals surface area contributed by atoms with Crippen molar-refractivity contribution in [3.8, 4) is 0 Å². The number of rotatable bonds is 9. The molecule has 0 radical (unpaired) electrons. The fraction of sp³-hybridized carbons (Fsp3) is 0.389. The second-order valence-electron chi connectivity index (χ2n) is 5.73. The van der Waals surface area contributed by atoms with Crippen LogP contribution < -0.4 is 10.6 Å². The Kier molecular flexibility index (Phi) is 7.40. The van der Waals surface area contributed by atoms with Crippen LogP contribution >= 0.6 is 11.3 Å². The van der Waals surface area contributed by atoms with Crippen LogP contribution in [0.25, 0.3) is 0 Å². The molecule has 0 aliphatic heterocycles.